The van der Waals surface area contributed by atoms with Crippen LogP contribution < -0.4 is 16.0 Å². The number of benzene rings is 2. The predicted molar refractivity (Wildman–Crippen MR) is 120 cm³/mol. The van der Waals surface area contributed by atoms with Gasteiger partial charge in [-0.15, -0.1) is 0 Å². The van der Waals surface area contributed by atoms with E-state index in [0.717, 1.165) is 18.5 Å². The van der Waals surface area contributed by atoms with Crippen LogP contribution in [0.1, 0.15) is 21.5 Å². The van der Waals surface area contributed by atoms with Gasteiger partial charge in [0.1, 0.15) is 0 Å². The van der Waals surface area contributed by atoms with Crippen LogP contribution in [0.5, 0.6) is 0 Å². The highest BCUT2D eigenvalue weighted by atomic mass is 35.5. The zero-order valence-corrected chi connectivity index (χ0v) is 17.4. The van der Waals surface area contributed by atoms with Gasteiger partial charge in [-0.2, -0.15) is 0 Å². The first-order valence-electron chi connectivity index (χ1n) is 9.62. The van der Waals surface area contributed by atoms with Gasteiger partial charge in [0.2, 0.25) is 0 Å². The highest BCUT2D eigenvalue weighted by molar-refractivity contribution is 6.33. The van der Waals surface area contributed by atoms with Crippen molar-refractivity contribution >= 4 is 34.4 Å². The van der Waals surface area contributed by atoms with Crippen LogP contribution in [-0.4, -0.2) is 43.5 Å². The number of rotatable bonds is 7. The fourth-order valence-corrected chi connectivity index (χ4v) is 3.36. The smallest absolute Gasteiger partial charge is 0.252 e. The van der Waals surface area contributed by atoms with E-state index >= 15 is 0 Å². The van der Waals surface area contributed by atoms with Gasteiger partial charge >= 0.3 is 0 Å². The normalized spacial score (nSPS) is 11.5. The number of nitrogens with one attached hydrogen (secondary N) is 4. The van der Waals surface area contributed by atoms with Gasteiger partial charge in [-0.05, 0) is 42.7 Å². The Hall–Kier alpha value is -2.99. The first-order valence-corrected chi connectivity index (χ1v) is 10.00. The lowest BCUT2D eigenvalue weighted by Gasteiger charge is -2.12. The summed E-state index contributed by atoms with van der Waals surface area (Å²) >= 11 is 6.04. The van der Waals surface area contributed by atoms with Crippen molar-refractivity contribution in [2.24, 2.45) is 4.99 Å². The van der Waals surface area contributed by atoms with E-state index in [1.165, 1.54) is 16.5 Å². The van der Waals surface area contributed by atoms with Crippen molar-refractivity contribution in [2.75, 3.05) is 26.7 Å². The van der Waals surface area contributed by atoms with Crippen LogP contribution in [0.15, 0.2) is 53.7 Å². The molecule has 0 unspecified atom stereocenters. The highest BCUT2D eigenvalue weighted by Gasteiger charge is 2.08. The van der Waals surface area contributed by atoms with Gasteiger partial charge in [0.25, 0.3) is 5.91 Å². The number of amides is 1. The third-order valence-electron chi connectivity index (χ3n) is 4.65. The highest BCUT2D eigenvalue weighted by Crippen LogP contribution is 2.19. The zero-order chi connectivity index (χ0) is 20.6. The minimum atomic E-state index is -0.185. The maximum absolute atomic E-state index is 12.1. The summed E-state index contributed by atoms with van der Waals surface area (Å²) in [5, 5.41) is 11.1. The lowest BCUT2D eigenvalue weighted by Crippen LogP contribution is -2.42. The van der Waals surface area contributed by atoms with Crippen molar-refractivity contribution in [3.8, 4) is 0 Å². The molecular weight excluding hydrogens is 386 g/mol. The molecule has 1 amide bonds. The van der Waals surface area contributed by atoms with E-state index in [1.54, 1.807) is 31.3 Å². The molecule has 3 aromatic rings. The van der Waals surface area contributed by atoms with E-state index in [2.05, 4.69) is 57.2 Å². The summed E-state index contributed by atoms with van der Waals surface area (Å²) in [5.74, 6) is 0.516. The Morgan fingerprint density at radius 2 is 1.83 bits per heavy atom. The van der Waals surface area contributed by atoms with Gasteiger partial charge in [-0.3, -0.25) is 9.79 Å². The first kappa shape index (κ1) is 20.7. The van der Waals surface area contributed by atoms with Crippen molar-refractivity contribution in [1.82, 2.24) is 20.9 Å². The van der Waals surface area contributed by atoms with Crippen molar-refractivity contribution in [3.63, 3.8) is 0 Å². The molecule has 1 heterocycles. The molecule has 3 rings (SSSR count). The molecule has 0 spiro atoms. The fourth-order valence-electron chi connectivity index (χ4n) is 3.14. The fraction of sp³-hybridized carbons (Fsp3) is 0.273. The van der Waals surface area contributed by atoms with Gasteiger partial charge in [-0.1, -0.05) is 35.9 Å². The average molecular weight is 412 g/mol. The summed E-state index contributed by atoms with van der Waals surface area (Å²) in [5.41, 5.74) is 4.16. The Morgan fingerprint density at radius 1 is 1.07 bits per heavy atom. The lowest BCUT2D eigenvalue weighted by molar-refractivity contribution is 0.0954. The molecule has 152 valence electrons. The van der Waals surface area contributed by atoms with Gasteiger partial charge in [0, 0.05) is 43.8 Å². The molecule has 0 atom stereocenters. The molecular formula is C22H26ClN5O. The summed E-state index contributed by atoms with van der Waals surface area (Å²) in [4.78, 5) is 19.7. The van der Waals surface area contributed by atoms with Crippen LogP contribution in [0.2, 0.25) is 5.02 Å². The Morgan fingerprint density at radius 3 is 2.62 bits per heavy atom. The van der Waals surface area contributed by atoms with Crippen LogP contribution in [0, 0.1) is 6.92 Å². The van der Waals surface area contributed by atoms with Gasteiger partial charge < -0.3 is 20.9 Å². The summed E-state index contributed by atoms with van der Waals surface area (Å²) < 4.78 is 0. The van der Waals surface area contributed by atoms with E-state index in [0.29, 0.717) is 29.6 Å². The van der Waals surface area contributed by atoms with E-state index in [9.17, 15) is 4.79 Å². The Labute approximate surface area is 175 Å². The number of aromatic nitrogens is 1. The van der Waals surface area contributed by atoms with Crippen molar-refractivity contribution in [1.29, 1.82) is 0 Å². The number of fused-ring (bicyclic) bond motifs is 1. The van der Waals surface area contributed by atoms with E-state index in [-0.39, 0.29) is 5.91 Å². The average Bonchev–Trinajstić information content (AvgIpc) is 3.11. The molecule has 0 bridgehead atoms. The third kappa shape index (κ3) is 5.51. The molecule has 0 saturated carbocycles. The number of halogens is 1. The molecule has 0 saturated heterocycles. The molecule has 4 N–H and O–H groups in total. The molecule has 6 nitrogen and oxygen atoms in total. The van der Waals surface area contributed by atoms with Gasteiger partial charge in [0.15, 0.2) is 5.96 Å². The number of nitrogens with zero attached hydrogens (tertiary/aromatic N) is 1. The topological polar surface area (TPSA) is 81.3 Å². The summed E-state index contributed by atoms with van der Waals surface area (Å²) in [7, 11) is 1.73. The van der Waals surface area contributed by atoms with Crippen LogP contribution in [-0.2, 0) is 6.42 Å². The zero-order valence-electron chi connectivity index (χ0n) is 16.7. The summed E-state index contributed by atoms with van der Waals surface area (Å²) in [6.07, 6.45) is 2.94. The van der Waals surface area contributed by atoms with Crippen molar-refractivity contribution < 1.29 is 4.79 Å². The monoisotopic (exact) mass is 411 g/mol. The standard InChI is InChI=1S/C22H26ClN5O/c1-15-7-8-17-16(14-28-20(17)13-15)9-10-26-22(24-2)27-12-11-25-21(29)18-5-3-4-6-19(18)23/h3-8,13-14,28H,9-12H2,1-2H3,(H,25,29)(H2,24,26,27). The molecule has 0 radical (unpaired) electrons. The molecule has 0 aliphatic rings. The minimum absolute atomic E-state index is 0.185. The van der Waals surface area contributed by atoms with Crippen LogP contribution in [0.3, 0.4) is 0 Å². The van der Waals surface area contributed by atoms with E-state index in [4.69, 9.17) is 11.6 Å². The Bertz CT molecular complexity index is 1010. The number of H-pyrrole nitrogens is 1. The largest absolute Gasteiger partial charge is 0.361 e. The number of carbonyl (C=O) groups excluding carboxylic acids is 1. The number of carbonyl (C=O) groups is 1. The van der Waals surface area contributed by atoms with E-state index in [1.807, 2.05) is 0 Å². The number of aryl methyl sites for hydroxylation is 1. The maximum Gasteiger partial charge on any atom is 0.252 e. The van der Waals surface area contributed by atoms with Crippen LogP contribution in [0.25, 0.3) is 10.9 Å². The van der Waals surface area contributed by atoms with Crippen LogP contribution >= 0.6 is 11.6 Å². The third-order valence-corrected chi connectivity index (χ3v) is 4.98. The summed E-state index contributed by atoms with van der Waals surface area (Å²) in [6.45, 7) is 3.87. The minimum Gasteiger partial charge on any atom is -0.361 e. The number of hydrogen-bond donors (Lipinski definition) is 4. The van der Waals surface area contributed by atoms with Crippen LogP contribution in [0.4, 0.5) is 0 Å². The number of hydrogen-bond acceptors (Lipinski definition) is 2. The SMILES string of the molecule is CN=C(NCCNC(=O)c1ccccc1Cl)NCCc1c[nH]c2cc(C)ccc12. The molecule has 0 fully saturated rings. The number of aromatic amines is 1. The quantitative estimate of drug-likeness (QED) is 0.273. The predicted octanol–water partition coefficient (Wildman–Crippen LogP) is 3.27. The van der Waals surface area contributed by atoms with Gasteiger partial charge in [-0.25, -0.2) is 0 Å². The molecule has 2 aromatic carbocycles. The Kier molecular flexibility index (Phi) is 7.14. The Balaban J connectivity index is 1.40. The number of aliphatic imine (C=N–C) groups is 1. The van der Waals surface area contributed by atoms with Crippen molar-refractivity contribution in [3.05, 3.63) is 70.4 Å². The van der Waals surface area contributed by atoms with Crippen molar-refractivity contribution in [2.45, 2.75) is 13.3 Å². The molecule has 1 aromatic heterocycles. The van der Waals surface area contributed by atoms with E-state index < -0.39 is 0 Å². The lowest BCUT2D eigenvalue weighted by atomic mass is 10.1. The second-order valence-electron chi connectivity index (χ2n) is 6.77. The maximum atomic E-state index is 12.1. The molecule has 0 aliphatic heterocycles. The molecule has 29 heavy (non-hydrogen) atoms. The summed E-state index contributed by atoms with van der Waals surface area (Å²) in [6, 6.07) is 13.4. The molecule has 0 aliphatic carbocycles. The first-order chi connectivity index (χ1) is 14.1. The molecule has 7 heteroatoms. The second kappa shape index (κ2) is 9.98. The van der Waals surface area contributed by atoms with Gasteiger partial charge in [0.05, 0.1) is 10.6 Å². The second-order valence-corrected chi connectivity index (χ2v) is 7.18. The number of guanidine groups is 1.